The average Bonchev–Trinajstić information content (AvgIpc) is 2.87. The number of hydrogen-bond donors (Lipinski definition) is 2. The van der Waals surface area contributed by atoms with Gasteiger partial charge < -0.3 is 10.2 Å². The van der Waals surface area contributed by atoms with Gasteiger partial charge in [0.25, 0.3) is 0 Å². The molecule has 0 radical (unpaired) electrons. The fourth-order valence-electron chi connectivity index (χ4n) is 6.81. The second-order valence-corrected chi connectivity index (χ2v) is 9.21. The first-order valence-electron chi connectivity index (χ1n) is 9.74. The molecule has 0 aromatic carbocycles. The predicted octanol–water partition coefficient (Wildman–Crippen LogP) is 1.73. The lowest BCUT2D eigenvalue weighted by molar-refractivity contribution is -0.731. The SMILES string of the molecule is C[C@]12C=CC(=O)C=C1CCC1C2C(O)C[C@@]2(C)C1CC[C@]2(O)C(=O)O[N+](=O)[O-]. The van der Waals surface area contributed by atoms with Gasteiger partial charge in [0.2, 0.25) is 0 Å². The molecule has 4 unspecified atom stereocenters. The summed E-state index contributed by atoms with van der Waals surface area (Å²) >= 11 is 0. The molecule has 3 fully saturated rings. The van der Waals surface area contributed by atoms with Gasteiger partial charge in [-0.05, 0) is 56.1 Å². The van der Waals surface area contributed by atoms with Crippen LogP contribution in [0.3, 0.4) is 0 Å². The highest BCUT2D eigenvalue weighted by Gasteiger charge is 2.69. The first-order valence-corrected chi connectivity index (χ1v) is 9.74. The summed E-state index contributed by atoms with van der Waals surface area (Å²) in [6.07, 6.45) is 6.49. The van der Waals surface area contributed by atoms with Crippen LogP contribution in [0.15, 0.2) is 23.8 Å². The molecule has 4 rings (SSSR count). The molecule has 8 nitrogen and oxygen atoms in total. The lowest BCUT2D eigenvalue weighted by Crippen LogP contribution is -2.61. The highest BCUT2D eigenvalue weighted by Crippen LogP contribution is 2.67. The molecule has 0 aromatic rings. The van der Waals surface area contributed by atoms with Gasteiger partial charge >= 0.3 is 11.1 Å². The zero-order chi connectivity index (χ0) is 20.5. The minimum Gasteiger partial charge on any atom is -0.393 e. The van der Waals surface area contributed by atoms with Crippen molar-refractivity contribution in [1.82, 2.24) is 0 Å². The molecular weight excluding hydrogens is 366 g/mol. The lowest BCUT2D eigenvalue weighted by Gasteiger charge is -2.59. The molecule has 0 spiro atoms. The van der Waals surface area contributed by atoms with Gasteiger partial charge in [0, 0.05) is 16.7 Å². The summed E-state index contributed by atoms with van der Waals surface area (Å²) in [6.45, 7) is 3.77. The van der Waals surface area contributed by atoms with E-state index in [2.05, 4.69) is 4.84 Å². The Hall–Kier alpha value is -2.06. The molecule has 4 aliphatic carbocycles. The number of hydrogen-bond acceptors (Lipinski definition) is 7. The van der Waals surface area contributed by atoms with E-state index in [1.807, 2.05) is 13.0 Å². The van der Waals surface area contributed by atoms with Crippen LogP contribution in [0, 0.1) is 38.7 Å². The van der Waals surface area contributed by atoms with Gasteiger partial charge in [-0.2, -0.15) is 0 Å². The second kappa shape index (κ2) is 5.97. The van der Waals surface area contributed by atoms with Gasteiger partial charge in [0.1, 0.15) is 0 Å². The molecule has 3 saturated carbocycles. The van der Waals surface area contributed by atoms with Crippen molar-refractivity contribution in [2.75, 3.05) is 0 Å². The van der Waals surface area contributed by atoms with E-state index in [9.17, 15) is 29.9 Å². The average molecular weight is 391 g/mol. The number of aliphatic hydroxyl groups excluding tert-OH is 1. The Labute approximate surface area is 162 Å². The van der Waals surface area contributed by atoms with Crippen LogP contribution in [0.25, 0.3) is 0 Å². The van der Waals surface area contributed by atoms with E-state index in [1.54, 1.807) is 19.1 Å². The van der Waals surface area contributed by atoms with Crippen molar-refractivity contribution >= 4 is 11.8 Å². The molecule has 0 amide bonds. The number of carbonyl (C=O) groups is 2. The smallest absolute Gasteiger partial charge is 0.335 e. The largest absolute Gasteiger partial charge is 0.393 e. The third-order valence-electron chi connectivity index (χ3n) is 8.14. The maximum Gasteiger partial charge on any atom is 0.335 e. The Bertz CT molecular complexity index is 819. The van der Waals surface area contributed by atoms with Gasteiger partial charge in [0.15, 0.2) is 11.4 Å². The number of carbonyl (C=O) groups excluding carboxylic acids is 2. The highest BCUT2D eigenvalue weighted by atomic mass is 17.0. The topological polar surface area (TPSA) is 127 Å². The van der Waals surface area contributed by atoms with E-state index in [0.717, 1.165) is 12.0 Å². The molecule has 0 aromatic heterocycles. The summed E-state index contributed by atoms with van der Waals surface area (Å²) in [5.74, 6) is -1.47. The fraction of sp³-hybridized carbons (Fsp3) is 0.700. The number of fused-ring (bicyclic) bond motifs is 5. The minimum atomic E-state index is -1.99. The maximum absolute atomic E-state index is 12.4. The summed E-state index contributed by atoms with van der Waals surface area (Å²) in [6, 6.07) is 0. The summed E-state index contributed by atoms with van der Waals surface area (Å²) in [5, 5.41) is 31.7. The third-order valence-corrected chi connectivity index (χ3v) is 8.14. The van der Waals surface area contributed by atoms with E-state index in [-0.39, 0.29) is 36.4 Å². The van der Waals surface area contributed by atoms with Gasteiger partial charge in [0.05, 0.1) is 6.10 Å². The summed E-state index contributed by atoms with van der Waals surface area (Å²) in [4.78, 5) is 39.0. The van der Waals surface area contributed by atoms with Gasteiger partial charge in [-0.25, -0.2) is 4.84 Å². The van der Waals surface area contributed by atoms with Gasteiger partial charge in [-0.3, -0.25) is 9.59 Å². The van der Waals surface area contributed by atoms with Crippen LogP contribution in [-0.2, 0) is 14.4 Å². The summed E-state index contributed by atoms with van der Waals surface area (Å²) in [5.41, 5.74) is -2.43. The molecule has 0 aliphatic heterocycles. The fourth-order valence-corrected chi connectivity index (χ4v) is 6.81. The van der Waals surface area contributed by atoms with E-state index in [1.165, 1.54) is 0 Å². The molecule has 0 saturated heterocycles. The van der Waals surface area contributed by atoms with Crippen LogP contribution in [0.2, 0.25) is 0 Å². The summed E-state index contributed by atoms with van der Waals surface area (Å²) in [7, 11) is 0. The Morgan fingerprint density at radius 1 is 1.36 bits per heavy atom. The van der Waals surface area contributed by atoms with E-state index in [0.29, 0.717) is 12.8 Å². The van der Waals surface area contributed by atoms with Crippen molar-refractivity contribution in [2.45, 2.75) is 57.7 Å². The normalized spacial score (nSPS) is 46.9. The Morgan fingerprint density at radius 2 is 2.07 bits per heavy atom. The molecule has 152 valence electrons. The van der Waals surface area contributed by atoms with E-state index in [4.69, 9.17) is 0 Å². The molecule has 0 heterocycles. The van der Waals surface area contributed by atoms with E-state index < -0.39 is 33.6 Å². The minimum absolute atomic E-state index is 0.0335. The molecule has 7 atom stereocenters. The second-order valence-electron chi connectivity index (χ2n) is 9.21. The lowest BCUT2D eigenvalue weighted by atomic mass is 9.46. The molecule has 2 N–H and O–H groups in total. The van der Waals surface area contributed by atoms with Gasteiger partial charge in [-0.15, -0.1) is 10.1 Å². The Balaban J connectivity index is 1.71. The van der Waals surface area contributed by atoms with Crippen LogP contribution in [0.4, 0.5) is 0 Å². The molecule has 0 bridgehead atoms. The zero-order valence-electron chi connectivity index (χ0n) is 16.0. The van der Waals surface area contributed by atoms with Crippen molar-refractivity contribution in [3.63, 3.8) is 0 Å². The quantitative estimate of drug-likeness (QED) is 0.542. The van der Waals surface area contributed by atoms with Crippen LogP contribution in [0.5, 0.6) is 0 Å². The standard InChI is InChI=1S/C20H25NO7/c1-18-7-5-12(22)9-11(18)3-4-13-14-6-8-20(25,17(24)28-21(26)27)19(14,2)10-15(23)16(13)18/h5,7,9,13-16,23,25H,3-4,6,8,10H2,1-2H3/t13?,14?,15?,16?,18-,19-,20-/m0/s1. The van der Waals surface area contributed by atoms with Crippen molar-refractivity contribution in [2.24, 2.45) is 28.6 Å². The highest BCUT2D eigenvalue weighted by molar-refractivity contribution is 6.01. The Morgan fingerprint density at radius 3 is 2.75 bits per heavy atom. The van der Waals surface area contributed by atoms with Crippen LogP contribution < -0.4 is 0 Å². The number of aliphatic hydroxyl groups is 2. The monoisotopic (exact) mass is 391 g/mol. The zero-order valence-corrected chi connectivity index (χ0v) is 16.0. The number of rotatable bonds is 2. The summed E-state index contributed by atoms with van der Waals surface area (Å²) < 4.78 is 0. The molecular formula is C20H25NO7. The van der Waals surface area contributed by atoms with Crippen LogP contribution in [0.1, 0.15) is 46.0 Å². The van der Waals surface area contributed by atoms with E-state index >= 15 is 0 Å². The Kier molecular flexibility index (Phi) is 4.11. The number of ketones is 1. The van der Waals surface area contributed by atoms with Crippen LogP contribution in [-0.4, -0.2) is 38.8 Å². The molecule has 4 aliphatic rings. The number of nitrogens with zero attached hydrogens (tertiary/aromatic N) is 1. The van der Waals surface area contributed by atoms with Gasteiger partial charge in [-0.1, -0.05) is 25.5 Å². The first kappa shape index (κ1) is 19.3. The maximum atomic E-state index is 12.4. The number of allylic oxidation sites excluding steroid dienone is 4. The van der Waals surface area contributed by atoms with Crippen molar-refractivity contribution in [3.8, 4) is 0 Å². The predicted molar refractivity (Wildman–Crippen MR) is 96.0 cm³/mol. The van der Waals surface area contributed by atoms with Crippen molar-refractivity contribution in [3.05, 3.63) is 33.9 Å². The van der Waals surface area contributed by atoms with Crippen molar-refractivity contribution < 1.29 is 29.7 Å². The first-order chi connectivity index (χ1) is 13.0. The van der Waals surface area contributed by atoms with Crippen molar-refractivity contribution in [1.29, 1.82) is 0 Å². The third kappa shape index (κ3) is 2.37. The van der Waals surface area contributed by atoms with Crippen LogP contribution >= 0.6 is 0 Å². The molecule has 8 heteroatoms. The molecule has 28 heavy (non-hydrogen) atoms.